The second-order valence-corrected chi connectivity index (χ2v) is 4.42. The smallest absolute Gasteiger partial charge is 0.356 e. The van der Waals surface area contributed by atoms with Gasteiger partial charge in [-0.25, -0.2) is 14.2 Å². The van der Waals surface area contributed by atoms with E-state index in [2.05, 4.69) is 9.72 Å². The van der Waals surface area contributed by atoms with Crippen LogP contribution in [0.2, 0.25) is 5.02 Å². The van der Waals surface area contributed by atoms with Crippen molar-refractivity contribution < 1.29 is 13.9 Å². The SMILES string of the molecule is COC(=O)c1cnc(C)n1Cc1ccc(F)c(Cl)c1. The Bertz CT molecular complexity index is 625. The molecule has 6 heteroatoms. The van der Waals surface area contributed by atoms with E-state index >= 15 is 0 Å². The number of carbonyl (C=O) groups is 1. The highest BCUT2D eigenvalue weighted by molar-refractivity contribution is 6.30. The van der Waals surface area contributed by atoms with Gasteiger partial charge < -0.3 is 9.30 Å². The maximum absolute atomic E-state index is 13.1. The van der Waals surface area contributed by atoms with E-state index in [4.69, 9.17) is 11.6 Å². The predicted molar refractivity (Wildman–Crippen MR) is 68.8 cm³/mol. The molecular formula is C13H12ClFN2O2. The first-order valence-corrected chi connectivity index (χ1v) is 5.95. The second-order valence-electron chi connectivity index (χ2n) is 4.02. The van der Waals surface area contributed by atoms with Gasteiger partial charge in [0.2, 0.25) is 0 Å². The van der Waals surface area contributed by atoms with Crippen molar-refractivity contribution in [3.8, 4) is 0 Å². The van der Waals surface area contributed by atoms with Gasteiger partial charge in [0.1, 0.15) is 17.3 Å². The van der Waals surface area contributed by atoms with Gasteiger partial charge in [-0.05, 0) is 24.6 Å². The van der Waals surface area contributed by atoms with Gasteiger partial charge in [-0.3, -0.25) is 0 Å². The molecule has 2 rings (SSSR count). The molecule has 0 atom stereocenters. The summed E-state index contributed by atoms with van der Waals surface area (Å²) in [5.41, 5.74) is 1.12. The van der Waals surface area contributed by atoms with E-state index in [-0.39, 0.29) is 5.02 Å². The summed E-state index contributed by atoms with van der Waals surface area (Å²) < 4.78 is 19.5. The summed E-state index contributed by atoms with van der Waals surface area (Å²) in [5.74, 6) is -0.268. The van der Waals surface area contributed by atoms with Crippen LogP contribution in [0.1, 0.15) is 21.9 Å². The van der Waals surface area contributed by atoms with Crippen molar-refractivity contribution >= 4 is 17.6 Å². The second kappa shape index (κ2) is 5.40. The van der Waals surface area contributed by atoms with Crippen LogP contribution >= 0.6 is 11.6 Å². The zero-order valence-electron chi connectivity index (χ0n) is 10.5. The maximum atomic E-state index is 13.1. The van der Waals surface area contributed by atoms with E-state index in [1.807, 2.05) is 0 Å². The number of esters is 1. The fraction of sp³-hybridized carbons (Fsp3) is 0.231. The largest absolute Gasteiger partial charge is 0.464 e. The van der Waals surface area contributed by atoms with E-state index in [0.29, 0.717) is 18.1 Å². The Morgan fingerprint density at radius 3 is 2.89 bits per heavy atom. The summed E-state index contributed by atoms with van der Waals surface area (Å²) >= 11 is 5.73. The molecule has 0 saturated carbocycles. The maximum Gasteiger partial charge on any atom is 0.356 e. The normalized spacial score (nSPS) is 10.5. The van der Waals surface area contributed by atoms with E-state index in [1.54, 1.807) is 17.6 Å². The number of ether oxygens (including phenoxy) is 1. The van der Waals surface area contributed by atoms with E-state index in [0.717, 1.165) is 5.56 Å². The third kappa shape index (κ3) is 2.76. The van der Waals surface area contributed by atoms with E-state index < -0.39 is 11.8 Å². The standard InChI is InChI=1S/C13H12ClFN2O2/c1-8-16-6-12(13(18)19-2)17(8)7-9-3-4-11(15)10(14)5-9/h3-6H,7H2,1-2H3. The van der Waals surface area contributed by atoms with Crippen LogP contribution in [0.15, 0.2) is 24.4 Å². The van der Waals surface area contributed by atoms with Gasteiger partial charge in [-0.1, -0.05) is 17.7 Å². The molecule has 100 valence electrons. The molecule has 4 nitrogen and oxygen atoms in total. The summed E-state index contributed by atoms with van der Waals surface area (Å²) in [4.78, 5) is 15.7. The number of imidazole rings is 1. The van der Waals surface area contributed by atoms with Gasteiger partial charge >= 0.3 is 5.97 Å². The Morgan fingerprint density at radius 2 is 2.26 bits per heavy atom. The topological polar surface area (TPSA) is 44.1 Å². The Labute approximate surface area is 114 Å². The molecule has 0 saturated heterocycles. The fourth-order valence-electron chi connectivity index (χ4n) is 1.76. The van der Waals surface area contributed by atoms with Crippen molar-refractivity contribution in [2.45, 2.75) is 13.5 Å². The molecule has 2 aromatic rings. The third-order valence-electron chi connectivity index (χ3n) is 2.77. The number of hydrogen-bond acceptors (Lipinski definition) is 3. The molecule has 0 amide bonds. The molecule has 1 aromatic carbocycles. The number of nitrogens with zero attached hydrogens (tertiary/aromatic N) is 2. The number of halogens is 2. The van der Waals surface area contributed by atoms with E-state index in [9.17, 15) is 9.18 Å². The molecule has 0 N–H and O–H groups in total. The van der Waals surface area contributed by atoms with Crippen LogP contribution in [0.3, 0.4) is 0 Å². The highest BCUT2D eigenvalue weighted by Gasteiger charge is 2.15. The molecule has 19 heavy (non-hydrogen) atoms. The monoisotopic (exact) mass is 282 g/mol. The van der Waals surface area contributed by atoms with E-state index in [1.165, 1.54) is 25.4 Å². The minimum Gasteiger partial charge on any atom is -0.464 e. The summed E-state index contributed by atoms with van der Waals surface area (Å²) in [6, 6.07) is 4.43. The Morgan fingerprint density at radius 1 is 1.53 bits per heavy atom. The summed E-state index contributed by atoms with van der Waals surface area (Å²) in [6.45, 7) is 2.15. The molecule has 0 aliphatic carbocycles. The van der Waals surface area contributed by atoms with Crippen LogP contribution in [0, 0.1) is 12.7 Å². The first-order chi connectivity index (χ1) is 9.02. The molecule has 1 aromatic heterocycles. The minimum absolute atomic E-state index is 0.0508. The van der Waals surface area contributed by atoms with Gasteiger partial charge in [-0.15, -0.1) is 0 Å². The van der Waals surface area contributed by atoms with Crippen molar-refractivity contribution in [2.24, 2.45) is 0 Å². The molecule has 0 bridgehead atoms. The van der Waals surface area contributed by atoms with Crippen molar-refractivity contribution in [3.63, 3.8) is 0 Å². The zero-order chi connectivity index (χ0) is 14.0. The quantitative estimate of drug-likeness (QED) is 0.813. The number of rotatable bonds is 3. The Kier molecular flexibility index (Phi) is 3.85. The van der Waals surface area contributed by atoms with Crippen LogP contribution in [-0.4, -0.2) is 22.6 Å². The first kappa shape index (κ1) is 13.5. The van der Waals surface area contributed by atoms with Gasteiger partial charge in [0, 0.05) is 6.54 Å². The van der Waals surface area contributed by atoms with Crippen LogP contribution in [0.5, 0.6) is 0 Å². The lowest BCUT2D eigenvalue weighted by atomic mass is 10.2. The van der Waals surface area contributed by atoms with Crippen LogP contribution in [0.25, 0.3) is 0 Å². The zero-order valence-corrected chi connectivity index (χ0v) is 11.2. The van der Waals surface area contributed by atoms with Crippen LogP contribution in [0.4, 0.5) is 4.39 Å². The summed E-state index contributed by atoms with van der Waals surface area (Å²) in [6.07, 6.45) is 1.45. The molecular weight excluding hydrogens is 271 g/mol. The molecule has 0 aliphatic heterocycles. The first-order valence-electron chi connectivity index (χ1n) is 5.57. The number of aryl methyl sites for hydroxylation is 1. The Hall–Kier alpha value is -1.88. The number of benzene rings is 1. The van der Waals surface area contributed by atoms with Gasteiger partial charge in [-0.2, -0.15) is 0 Å². The van der Waals surface area contributed by atoms with Crippen molar-refractivity contribution in [3.05, 3.63) is 52.3 Å². The number of carbonyl (C=O) groups excluding carboxylic acids is 1. The van der Waals surface area contributed by atoms with Gasteiger partial charge in [0.05, 0.1) is 18.3 Å². The molecule has 0 fully saturated rings. The van der Waals surface area contributed by atoms with Crippen molar-refractivity contribution in [1.29, 1.82) is 0 Å². The van der Waals surface area contributed by atoms with Crippen molar-refractivity contribution in [2.75, 3.05) is 7.11 Å². The number of methoxy groups -OCH3 is 1. The average molecular weight is 283 g/mol. The Balaban J connectivity index is 2.35. The van der Waals surface area contributed by atoms with Crippen molar-refractivity contribution in [1.82, 2.24) is 9.55 Å². The fourth-order valence-corrected chi connectivity index (χ4v) is 1.96. The number of aromatic nitrogens is 2. The minimum atomic E-state index is -0.471. The molecule has 1 heterocycles. The lowest BCUT2D eigenvalue weighted by molar-refractivity contribution is 0.0588. The molecule has 0 spiro atoms. The van der Waals surface area contributed by atoms with Crippen LogP contribution < -0.4 is 0 Å². The lowest BCUT2D eigenvalue weighted by Crippen LogP contribution is -2.12. The van der Waals surface area contributed by atoms with Gasteiger partial charge in [0.25, 0.3) is 0 Å². The van der Waals surface area contributed by atoms with Gasteiger partial charge in [0.15, 0.2) is 0 Å². The summed E-state index contributed by atoms with van der Waals surface area (Å²) in [7, 11) is 1.31. The molecule has 0 radical (unpaired) electrons. The average Bonchev–Trinajstić information content (AvgIpc) is 2.75. The highest BCUT2D eigenvalue weighted by atomic mass is 35.5. The molecule has 0 aliphatic rings. The summed E-state index contributed by atoms with van der Waals surface area (Å²) in [5, 5.41) is 0.0508. The number of hydrogen-bond donors (Lipinski definition) is 0. The van der Waals surface area contributed by atoms with Crippen LogP contribution in [-0.2, 0) is 11.3 Å². The molecule has 0 unspecified atom stereocenters. The third-order valence-corrected chi connectivity index (χ3v) is 3.06. The lowest BCUT2D eigenvalue weighted by Gasteiger charge is -2.09. The predicted octanol–water partition coefficient (Wildman–Crippen LogP) is 2.82. The highest BCUT2D eigenvalue weighted by Crippen LogP contribution is 2.18.